The second-order valence-electron chi connectivity index (χ2n) is 7.20. The molecule has 0 aliphatic heterocycles. The molecular formula is C23H24F2N4O5. The molecule has 0 heterocycles. The SMILES string of the molecule is CNC(=O)NC(C)(C(F)F)C(NC(=O)c1ccc(C#Cc2ccccc2OC)cc1)C(=O)NO. The second kappa shape index (κ2) is 11.6. The number of alkyl halides is 2. The molecule has 11 heteroatoms. The first kappa shape index (κ1) is 26.1. The third kappa shape index (κ3) is 6.20. The maximum Gasteiger partial charge on any atom is 0.315 e. The molecule has 9 nitrogen and oxygen atoms in total. The van der Waals surface area contributed by atoms with Gasteiger partial charge in [-0.25, -0.2) is 19.1 Å². The molecule has 34 heavy (non-hydrogen) atoms. The Morgan fingerprint density at radius 3 is 2.26 bits per heavy atom. The molecule has 0 aromatic heterocycles. The fourth-order valence-corrected chi connectivity index (χ4v) is 2.92. The van der Waals surface area contributed by atoms with Gasteiger partial charge in [0.1, 0.15) is 17.3 Å². The molecule has 0 radical (unpaired) electrons. The van der Waals surface area contributed by atoms with E-state index < -0.39 is 35.9 Å². The van der Waals surface area contributed by atoms with Crippen LogP contribution in [0.25, 0.3) is 0 Å². The zero-order valence-corrected chi connectivity index (χ0v) is 18.6. The molecule has 0 saturated carbocycles. The van der Waals surface area contributed by atoms with Crippen LogP contribution in [0.4, 0.5) is 13.6 Å². The van der Waals surface area contributed by atoms with Gasteiger partial charge in [0, 0.05) is 18.2 Å². The summed E-state index contributed by atoms with van der Waals surface area (Å²) in [5.74, 6) is 4.26. The number of halogens is 2. The van der Waals surface area contributed by atoms with Crippen molar-refractivity contribution in [2.45, 2.75) is 24.9 Å². The number of hydroxylamine groups is 1. The van der Waals surface area contributed by atoms with Crippen molar-refractivity contribution >= 4 is 17.8 Å². The Balaban J connectivity index is 2.25. The summed E-state index contributed by atoms with van der Waals surface area (Å²) in [7, 11) is 2.72. The monoisotopic (exact) mass is 474 g/mol. The van der Waals surface area contributed by atoms with Crippen molar-refractivity contribution in [3.05, 3.63) is 65.2 Å². The van der Waals surface area contributed by atoms with Crippen molar-refractivity contribution in [1.29, 1.82) is 0 Å². The van der Waals surface area contributed by atoms with E-state index in [1.807, 2.05) is 17.4 Å². The van der Waals surface area contributed by atoms with Gasteiger partial charge in [0.25, 0.3) is 18.2 Å². The molecule has 2 unspecified atom stereocenters. The van der Waals surface area contributed by atoms with Crippen molar-refractivity contribution < 1.29 is 33.1 Å². The number of carbonyl (C=O) groups is 3. The van der Waals surface area contributed by atoms with E-state index in [0.717, 1.165) is 6.92 Å². The Labute approximate surface area is 194 Å². The molecular weight excluding hydrogens is 450 g/mol. The Morgan fingerprint density at radius 1 is 1.06 bits per heavy atom. The third-order valence-electron chi connectivity index (χ3n) is 4.91. The zero-order valence-electron chi connectivity index (χ0n) is 18.6. The number of benzene rings is 2. The fraction of sp³-hybridized carbons (Fsp3) is 0.261. The Kier molecular flexibility index (Phi) is 8.92. The lowest BCUT2D eigenvalue weighted by Gasteiger charge is -2.36. The van der Waals surface area contributed by atoms with E-state index in [1.165, 1.54) is 43.9 Å². The van der Waals surface area contributed by atoms with Crippen LogP contribution in [-0.4, -0.2) is 55.2 Å². The van der Waals surface area contributed by atoms with Gasteiger partial charge in [-0.1, -0.05) is 24.0 Å². The number of amides is 4. The molecule has 0 aliphatic rings. The van der Waals surface area contributed by atoms with Crippen LogP contribution < -0.4 is 26.2 Å². The van der Waals surface area contributed by atoms with Crippen LogP contribution >= 0.6 is 0 Å². The predicted molar refractivity (Wildman–Crippen MR) is 119 cm³/mol. The van der Waals surface area contributed by atoms with Crippen molar-refractivity contribution in [2.24, 2.45) is 0 Å². The predicted octanol–water partition coefficient (Wildman–Crippen LogP) is 1.65. The molecule has 2 rings (SSSR count). The van der Waals surface area contributed by atoms with Gasteiger partial charge in [-0.05, 0) is 43.3 Å². The van der Waals surface area contributed by atoms with Crippen LogP contribution in [0, 0.1) is 11.8 Å². The number of para-hydroxylation sites is 1. The van der Waals surface area contributed by atoms with E-state index in [1.54, 1.807) is 12.1 Å². The van der Waals surface area contributed by atoms with Crippen molar-refractivity contribution in [2.75, 3.05) is 14.2 Å². The number of urea groups is 1. The van der Waals surface area contributed by atoms with E-state index in [-0.39, 0.29) is 5.56 Å². The average Bonchev–Trinajstić information content (AvgIpc) is 2.85. The van der Waals surface area contributed by atoms with Crippen LogP contribution in [0.1, 0.15) is 28.4 Å². The van der Waals surface area contributed by atoms with Crippen molar-refractivity contribution in [3.63, 3.8) is 0 Å². The number of hydrogen-bond donors (Lipinski definition) is 5. The highest BCUT2D eigenvalue weighted by Gasteiger charge is 2.48. The van der Waals surface area contributed by atoms with Crippen molar-refractivity contribution in [3.8, 4) is 17.6 Å². The quantitative estimate of drug-likeness (QED) is 0.237. The largest absolute Gasteiger partial charge is 0.495 e. The van der Waals surface area contributed by atoms with Gasteiger partial charge in [-0.3, -0.25) is 14.8 Å². The molecule has 5 N–H and O–H groups in total. The highest BCUT2D eigenvalue weighted by molar-refractivity contribution is 5.98. The molecule has 0 saturated heterocycles. The molecule has 0 fully saturated rings. The molecule has 0 spiro atoms. The number of carbonyl (C=O) groups excluding carboxylic acids is 3. The fourth-order valence-electron chi connectivity index (χ4n) is 2.92. The number of ether oxygens (including phenoxy) is 1. The van der Waals surface area contributed by atoms with Gasteiger partial charge in [-0.15, -0.1) is 0 Å². The number of hydrogen-bond acceptors (Lipinski definition) is 5. The van der Waals surface area contributed by atoms with E-state index in [4.69, 9.17) is 9.94 Å². The summed E-state index contributed by atoms with van der Waals surface area (Å²) in [5.41, 5.74) is -0.0373. The van der Waals surface area contributed by atoms with Crippen LogP contribution in [0.2, 0.25) is 0 Å². The van der Waals surface area contributed by atoms with Gasteiger partial charge in [-0.2, -0.15) is 0 Å². The molecule has 4 amide bonds. The highest BCUT2D eigenvalue weighted by Crippen LogP contribution is 2.21. The highest BCUT2D eigenvalue weighted by atomic mass is 19.3. The number of methoxy groups -OCH3 is 1. The lowest BCUT2D eigenvalue weighted by atomic mass is 9.91. The first-order chi connectivity index (χ1) is 16.2. The maximum absolute atomic E-state index is 13.8. The first-order valence-electron chi connectivity index (χ1n) is 9.94. The smallest absolute Gasteiger partial charge is 0.315 e. The van der Waals surface area contributed by atoms with Crippen LogP contribution in [0.3, 0.4) is 0 Å². The summed E-state index contributed by atoms with van der Waals surface area (Å²) in [4.78, 5) is 36.5. The van der Waals surface area contributed by atoms with Gasteiger partial charge in [0.05, 0.1) is 12.7 Å². The summed E-state index contributed by atoms with van der Waals surface area (Å²) in [6, 6.07) is 10.0. The second-order valence-corrected chi connectivity index (χ2v) is 7.20. The lowest BCUT2D eigenvalue weighted by Crippen LogP contribution is -2.69. The summed E-state index contributed by atoms with van der Waals surface area (Å²) in [5, 5.41) is 15.2. The summed E-state index contributed by atoms with van der Waals surface area (Å²) < 4.78 is 32.9. The minimum atomic E-state index is -3.28. The number of nitrogens with one attached hydrogen (secondary N) is 4. The zero-order chi connectivity index (χ0) is 25.3. The number of rotatable bonds is 7. The lowest BCUT2D eigenvalue weighted by molar-refractivity contribution is -0.135. The molecule has 0 bridgehead atoms. The van der Waals surface area contributed by atoms with E-state index in [2.05, 4.69) is 22.5 Å². The maximum atomic E-state index is 13.8. The van der Waals surface area contributed by atoms with Crippen molar-refractivity contribution in [1.82, 2.24) is 21.4 Å². The topological polar surface area (TPSA) is 129 Å². The summed E-state index contributed by atoms with van der Waals surface area (Å²) in [6.07, 6.45) is -3.28. The molecule has 180 valence electrons. The molecule has 2 atom stereocenters. The normalized spacial score (nSPS) is 12.9. The van der Waals surface area contributed by atoms with Gasteiger partial charge >= 0.3 is 6.03 Å². The van der Waals surface area contributed by atoms with Crippen LogP contribution in [0.5, 0.6) is 5.75 Å². The third-order valence-corrected chi connectivity index (χ3v) is 4.91. The first-order valence-corrected chi connectivity index (χ1v) is 9.94. The van der Waals surface area contributed by atoms with Crippen LogP contribution in [-0.2, 0) is 4.79 Å². The Morgan fingerprint density at radius 2 is 1.71 bits per heavy atom. The van der Waals surface area contributed by atoms with Gasteiger partial charge < -0.3 is 20.7 Å². The Hall–Kier alpha value is -4.17. The minimum Gasteiger partial charge on any atom is -0.495 e. The van der Waals surface area contributed by atoms with E-state index in [0.29, 0.717) is 16.9 Å². The van der Waals surface area contributed by atoms with E-state index in [9.17, 15) is 23.2 Å². The standard InChI is InChI=1S/C23H24F2N4O5/c1-23(21(24)25,28-22(32)26-2)18(20(31)29-33)27-19(30)16-12-9-14(10-13-16)8-11-15-6-4-5-7-17(15)34-3/h4-7,9-10,12-13,18,21,33H,1-3H3,(H,27,30)(H,29,31)(H2,26,28,32). The minimum absolute atomic E-state index is 0.0372. The Bertz CT molecular complexity index is 1100. The summed E-state index contributed by atoms with van der Waals surface area (Å²) >= 11 is 0. The molecule has 2 aromatic rings. The van der Waals surface area contributed by atoms with Crippen LogP contribution in [0.15, 0.2) is 48.5 Å². The molecule has 0 aliphatic carbocycles. The summed E-state index contributed by atoms with van der Waals surface area (Å²) in [6.45, 7) is 0.865. The van der Waals surface area contributed by atoms with E-state index >= 15 is 0 Å². The average molecular weight is 474 g/mol. The molecule has 2 aromatic carbocycles. The van der Waals surface area contributed by atoms with Gasteiger partial charge in [0.15, 0.2) is 0 Å². The van der Waals surface area contributed by atoms with Gasteiger partial charge in [0.2, 0.25) is 0 Å².